The molecule has 0 aromatic carbocycles. The molecule has 0 radical (unpaired) electrons. The van der Waals surface area contributed by atoms with Crippen molar-refractivity contribution in [2.75, 3.05) is 11.5 Å². The van der Waals surface area contributed by atoms with Gasteiger partial charge in [-0.05, 0) is 24.5 Å². The molecule has 106 valence electrons. The number of unbranched alkanes of at least 4 members (excludes halogenated alkanes) is 1. The van der Waals surface area contributed by atoms with Gasteiger partial charge in [-0.2, -0.15) is 11.8 Å². The van der Waals surface area contributed by atoms with Crippen molar-refractivity contribution in [3.05, 3.63) is 0 Å². The van der Waals surface area contributed by atoms with Crippen LogP contribution in [0.3, 0.4) is 0 Å². The molecule has 0 rings (SSSR count). The van der Waals surface area contributed by atoms with Gasteiger partial charge < -0.3 is 10.4 Å². The smallest absolute Gasteiger partial charge is 0.326 e. The lowest BCUT2D eigenvalue weighted by atomic mass is 10.0. The fraction of sp³-hybridized carbons (Fsp3) is 0.846. The highest BCUT2D eigenvalue weighted by molar-refractivity contribution is 7.99. The van der Waals surface area contributed by atoms with E-state index in [-0.39, 0.29) is 11.8 Å². The van der Waals surface area contributed by atoms with E-state index in [4.69, 9.17) is 5.11 Å². The van der Waals surface area contributed by atoms with E-state index >= 15 is 0 Å². The zero-order chi connectivity index (χ0) is 14.0. The quantitative estimate of drug-likeness (QED) is 0.601. The topological polar surface area (TPSA) is 66.4 Å². The minimum Gasteiger partial charge on any atom is -0.480 e. The number of carbonyl (C=O) groups is 2. The number of amides is 1. The van der Waals surface area contributed by atoms with Crippen molar-refractivity contribution in [1.29, 1.82) is 0 Å². The van der Waals surface area contributed by atoms with Gasteiger partial charge in [0.15, 0.2) is 0 Å². The average Bonchev–Trinajstić information content (AvgIpc) is 2.27. The van der Waals surface area contributed by atoms with E-state index < -0.39 is 12.0 Å². The summed E-state index contributed by atoms with van der Waals surface area (Å²) in [5.41, 5.74) is 0. The van der Waals surface area contributed by atoms with Gasteiger partial charge in [-0.1, -0.05) is 27.2 Å². The number of nitrogens with one attached hydrogen (secondary N) is 1. The zero-order valence-electron chi connectivity index (χ0n) is 11.6. The lowest BCUT2D eigenvalue weighted by Gasteiger charge is -2.16. The van der Waals surface area contributed by atoms with Crippen molar-refractivity contribution in [1.82, 2.24) is 5.32 Å². The molecule has 4 nitrogen and oxygen atoms in total. The lowest BCUT2D eigenvalue weighted by molar-refractivity contribution is -0.142. The molecule has 0 aromatic heterocycles. The predicted octanol–water partition coefficient (Wildman–Crippen LogP) is 2.53. The number of rotatable bonds is 10. The molecular formula is C13H25NO3S. The van der Waals surface area contributed by atoms with Crippen LogP contribution in [0.25, 0.3) is 0 Å². The second kappa shape index (κ2) is 10.2. The second-order valence-electron chi connectivity index (χ2n) is 4.80. The SMILES string of the molecule is CCCCSCCC(=O)N[C@H](CC(C)C)C(=O)O. The van der Waals surface area contributed by atoms with Crippen molar-refractivity contribution in [2.45, 2.75) is 52.5 Å². The van der Waals surface area contributed by atoms with E-state index in [1.54, 1.807) is 11.8 Å². The lowest BCUT2D eigenvalue weighted by Crippen LogP contribution is -2.41. The average molecular weight is 275 g/mol. The van der Waals surface area contributed by atoms with Crippen LogP contribution in [-0.2, 0) is 9.59 Å². The van der Waals surface area contributed by atoms with Crippen LogP contribution in [0.4, 0.5) is 0 Å². The number of hydrogen-bond acceptors (Lipinski definition) is 3. The summed E-state index contributed by atoms with van der Waals surface area (Å²) in [6.45, 7) is 6.03. The highest BCUT2D eigenvalue weighted by Gasteiger charge is 2.20. The van der Waals surface area contributed by atoms with Gasteiger partial charge in [0, 0.05) is 12.2 Å². The van der Waals surface area contributed by atoms with Crippen LogP contribution in [0.15, 0.2) is 0 Å². The number of hydrogen-bond donors (Lipinski definition) is 2. The molecule has 0 spiro atoms. The Morgan fingerprint density at radius 1 is 1.28 bits per heavy atom. The van der Waals surface area contributed by atoms with E-state index in [1.165, 1.54) is 0 Å². The highest BCUT2D eigenvalue weighted by atomic mass is 32.2. The Morgan fingerprint density at radius 2 is 1.94 bits per heavy atom. The molecule has 0 heterocycles. The fourth-order valence-electron chi connectivity index (χ4n) is 1.47. The summed E-state index contributed by atoms with van der Waals surface area (Å²) >= 11 is 1.75. The normalized spacial score (nSPS) is 12.4. The van der Waals surface area contributed by atoms with Gasteiger partial charge in [-0.3, -0.25) is 4.79 Å². The van der Waals surface area contributed by atoms with Crippen molar-refractivity contribution in [3.8, 4) is 0 Å². The monoisotopic (exact) mass is 275 g/mol. The molecule has 1 amide bonds. The molecule has 2 N–H and O–H groups in total. The Balaban J connectivity index is 3.85. The summed E-state index contributed by atoms with van der Waals surface area (Å²) in [5.74, 6) is 0.978. The molecule has 0 aliphatic heterocycles. The van der Waals surface area contributed by atoms with Crippen LogP contribution in [-0.4, -0.2) is 34.5 Å². The molecular weight excluding hydrogens is 250 g/mol. The van der Waals surface area contributed by atoms with Crippen molar-refractivity contribution >= 4 is 23.6 Å². The van der Waals surface area contributed by atoms with E-state index in [0.717, 1.165) is 24.3 Å². The van der Waals surface area contributed by atoms with Crippen molar-refractivity contribution in [3.63, 3.8) is 0 Å². The van der Waals surface area contributed by atoms with Gasteiger partial charge in [-0.15, -0.1) is 0 Å². The predicted molar refractivity (Wildman–Crippen MR) is 75.9 cm³/mol. The molecule has 18 heavy (non-hydrogen) atoms. The Kier molecular flexibility index (Phi) is 9.83. The highest BCUT2D eigenvalue weighted by Crippen LogP contribution is 2.08. The molecule has 0 unspecified atom stereocenters. The summed E-state index contributed by atoms with van der Waals surface area (Å²) in [7, 11) is 0. The largest absolute Gasteiger partial charge is 0.480 e. The first kappa shape index (κ1) is 17.3. The minimum atomic E-state index is -0.948. The molecule has 5 heteroatoms. The maximum atomic E-state index is 11.6. The summed E-state index contributed by atoms with van der Waals surface area (Å²) < 4.78 is 0. The van der Waals surface area contributed by atoms with Crippen LogP contribution < -0.4 is 5.32 Å². The Bertz CT molecular complexity index is 257. The van der Waals surface area contributed by atoms with Gasteiger partial charge >= 0.3 is 5.97 Å². The Labute approximate surface area is 114 Å². The molecule has 0 bridgehead atoms. The van der Waals surface area contributed by atoms with E-state index in [0.29, 0.717) is 12.8 Å². The zero-order valence-corrected chi connectivity index (χ0v) is 12.4. The second-order valence-corrected chi connectivity index (χ2v) is 6.03. The third kappa shape index (κ3) is 9.33. The third-order valence-electron chi connectivity index (χ3n) is 2.46. The molecule has 0 aliphatic carbocycles. The molecule has 0 aromatic rings. The summed E-state index contributed by atoms with van der Waals surface area (Å²) in [6, 6.07) is -0.752. The molecule has 1 atom stereocenters. The van der Waals surface area contributed by atoms with Gasteiger partial charge in [-0.25, -0.2) is 4.79 Å². The molecule has 0 saturated carbocycles. The Morgan fingerprint density at radius 3 is 2.44 bits per heavy atom. The number of carbonyl (C=O) groups excluding carboxylic acids is 1. The van der Waals surface area contributed by atoms with Crippen molar-refractivity contribution in [2.24, 2.45) is 5.92 Å². The first-order valence-electron chi connectivity index (χ1n) is 6.57. The fourth-order valence-corrected chi connectivity index (χ4v) is 2.50. The van der Waals surface area contributed by atoms with Crippen LogP contribution >= 0.6 is 11.8 Å². The standard InChI is InChI=1S/C13H25NO3S/c1-4-5-7-18-8-6-12(15)14-11(13(16)17)9-10(2)3/h10-11H,4-9H2,1-3H3,(H,14,15)(H,16,17)/t11-/m1/s1. The molecule has 0 aliphatic rings. The first-order chi connectivity index (χ1) is 8.47. The maximum absolute atomic E-state index is 11.6. The first-order valence-corrected chi connectivity index (χ1v) is 7.72. The van der Waals surface area contributed by atoms with Crippen LogP contribution in [0.5, 0.6) is 0 Å². The van der Waals surface area contributed by atoms with E-state index in [9.17, 15) is 9.59 Å². The number of carboxylic acids is 1. The number of aliphatic carboxylic acids is 1. The van der Waals surface area contributed by atoms with Gasteiger partial charge in [0.1, 0.15) is 6.04 Å². The molecule has 0 fully saturated rings. The van der Waals surface area contributed by atoms with Crippen molar-refractivity contribution < 1.29 is 14.7 Å². The third-order valence-corrected chi connectivity index (χ3v) is 3.53. The molecule has 0 saturated heterocycles. The minimum absolute atomic E-state index is 0.160. The van der Waals surface area contributed by atoms with Gasteiger partial charge in [0.25, 0.3) is 0 Å². The maximum Gasteiger partial charge on any atom is 0.326 e. The Hall–Kier alpha value is -0.710. The van der Waals surface area contributed by atoms with Gasteiger partial charge in [0.05, 0.1) is 0 Å². The summed E-state index contributed by atoms with van der Waals surface area (Å²) in [6.07, 6.45) is 3.20. The number of thioether (sulfide) groups is 1. The summed E-state index contributed by atoms with van der Waals surface area (Å²) in [4.78, 5) is 22.5. The van der Waals surface area contributed by atoms with Crippen LogP contribution in [0.1, 0.15) is 46.5 Å². The van der Waals surface area contributed by atoms with Crippen LogP contribution in [0, 0.1) is 5.92 Å². The summed E-state index contributed by atoms with van der Waals surface area (Å²) in [5, 5.41) is 11.6. The van der Waals surface area contributed by atoms with E-state index in [2.05, 4.69) is 12.2 Å². The van der Waals surface area contributed by atoms with E-state index in [1.807, 2.05) is 13.8 Å². The van der Waals surface area contributed by atoms with Crippen LogP contribution in [0.2, 0.25) is 0 Å². The number of carboxylic acid groups (broad SMARTS) is 1. The van der Waals surface area contributed by atoms with Gasteiger partial charge in [0.2, 0.25) is 5.91 Å².